The molecule has 0 fully saturated rings. The first kappa shape index (κ1) is 17.4. The molecule has 124 valence electrons. The molecule has 2 N–H and O–H groups in total. The van der Waals surface area contributed by atoms with Gasteiger partial charge < -0.3 is 15.2 Å². The summed E-state index contributed by atoms with van der Waals surface area (Å²) in [6, 6.07) is 5.05. The van der Waals surface area contributed by atoms with Crippen molar-refractivity contribution >= 4 is 21.9 Å². The summed E-state index contributed by atoms with van der Waals surface area (Å²) in [6.45, 7) is 3.99. The molecular weight excluding hydrogens is 363 g/mol. The van der Waals surface area contributed by atoms with Crippen molar-refractivity contribution in [1.29, 1.82) is 0 Å². The highest BCUT2D eigenvalue weighted by atomic mass is 79.9. The Hall–Kier alpha value is -1.96. The maximum atomic E-state index is 13.5. The van der Waals surface area contributed by atoms with Gasteiger partial charge in [0.25, 0.3) is 0 Å². The van der Waals surface area contributed by atoms with Crippen molar-refractivity contribution in [3.8, 4) is 0 Å². The lowest BCUT2D eigenvalue weighted by Crippen LogP contribution is -2.38. The van der Waals surface area contributed by atoms with Gasteiger partial charge in [-0.1, -0.05) is 13.0 Å². The average Bonchev–Trinajstić information content (AvgIpc) is 3.01. The van der Waals surface area contributed by atoms with Gasteiger partial charge in [-0.3, -0.25) is 4.99 Å². The number of aliphatic imine (C=N–C) groups is 1. The smallest absolute Gasteiger partial charge is 0.191 e. The van der Waals surface area contributed by atoms with Gasteiger partial charge in [-0.05, 0) is 33.6 Å². The lowest BCUT2D eigenvalue weighted by Gasteiger charge is -2.13. The Kier molecular flexibility index (Phi) is 6.52. The number of nitrogens with zero attached hydrogens (tertiary/aromatic N) is 4. The van der Waals surface area contributed by atoms with Crippen LogP contribution in [0, 0.1) is 5.82 Å². The number of hydrogen-bond acceptors (Lipinski definition) is 3. The van der Waals surface area contributed by atoms with Gasteiger partial charge in [0, 0.05) is 33.1 Å². The van der Waals surface area contributed by atoms with E-state index >= 15 is 0 Å². The third-order valence-electron chi connectivity index (χ3n) is 3.32. The van der Waals surface area contributed by atoms with Gasteiger partial charge >= 0.3 is 0 Å². The third kappa shape index (κ3) is 5.02. The molecule has 0 aliphatic carbocycles. The summed E-state index contributed by atoms with van der Waals surface area (Å²) in [6.07, 6.45) is 2.57. The molecule has 0 bridgehead atoms. The van der Waals surface area contributed by atoms with Crippen LogP contribution in [0.25, 0.3) is 0 Å². The van der Waals surface area contributed by atoms with Crippen LogP contribution in [0.4, 0.5) is 4.39 Å². The Morgan fingerprint density at radius 2 is 2.22 bits per heavy atom. The van der Waals surface area contributed by atoms with Crippen molar-refractivity contribution < 1.29 is 4.39 Å². The molecule has 8 heteroatoms. The van der Waals surface area contributed by atoms with Crippen LogP contribution >= 0.6 is 15.9 Å². The molecule has 0 saturated heterocycles. The molecule has 0 atom stereocenters. The van der Waals surface area contributed by atoms with E-state index in [4.69, 9.17) is 0 Å². The minimum Gasteiger partial charge on any atom is -0.355 e. The molecule has 2 rings (SSSR count). The maximum Gasteiger partial charge on any atom is 0.191 e. The molecule has 1 aromatic carbocycles. The quantitative estimate of drug-likeness (QED) is 0.592. The first-order valence-electron chi connectivity index (χ1n) is 7.39. The number of hydrogen-bond donors (Lipinski definition) is 2. The van der Waals surface area contributed by atoms with Crippen LogP contribution < -0.4 is 10.6 Å². The first-order chi connectivity index (χ1) is 11.1. The number of aryl methyl sites for hydroxylation is 1. The van der Waals surface area contributed by atoms with Crippen LogP contribution in [0.2, 0.25) is 0 Å². The predicted octanol–water partition coefficient (Wildman–Crippen LogP) is 2.11. The van der Waals surface area contributed by atoms with E-state index in [2.05, 4.69) is 41.8 Å². The molecular formula is C15H20BrFN6. The fourth-order valence-electron chi connectivity index (χ4n) is 2.09. The average molecular weight is 383 g/mol. The standard InChI is InChI=1S/C15H20BrFN6/c1-3-14-22-21-10-23(14)7-6-19-15(18-2)20-9-11-4-5-12(16)13(17)8-11/h4-5,8,10H,3,6-7,9H2,1-2H3,(H2,18,19,20). The van der Waals surface area contributed by atoms with Crippen molar-refractivity contribution in [3.63, 3.8) is 0 Å². The van der Waals surface area contributed by atoms with Crippen molar-refractivity contribution in [2.24, 2.45) is 4.99 Å². The van der Waals surface area contributed by atoms with E-state index in [1.165, 1.54) is 6.07 Å². The van der Waals surface area contributed by atoms with E-state index in [1.807, 2.05) is 17.6 Å². The highest BCUT2D eigenvalue weighted by Crippen LogP contribution is 2.16. The summed E-state index contributed by atoms with van der Waals surface area (Å²) in [5.41, 5.74) is 0.848. The highest BCUT2D eigenvalue weighted by Gasteiger charge is 2.04. The van der Waals surface area contributed by atoms with Gasteiger partial charge in [0.05, 0.1) is 4.47 Å². The van der Waals surface area contributed by atoms with Crippen LogP contribution in [-0.2, 0) is 19.5 Å². The van der Waals surface area contributed by atoms with Crippen LogP contribution in [0.15, 0.2) is 34.0 Å². The van der Waals surface area contributed by atoms with Crippen molar-refractivity contribution in [2.75, 3.05) is 13.6 Å². The Balaban J connectivity index is 1.80. The largest absolute Gasteiger partial charge is 0.355 e. The van der Waals surface area contributed by atoms with E-state index in [1.54, 1.807) is 19.4 Å². The molecule has 6 nitrogen and oxygen atoms in total. The number of guanidine groups is 1. The molecule has 0 radical (unpaired) electrons. The monoisotopic (exact) mass is 382 g/mol. The van der Waals surface area contributed by atoms with Gasteiger partial charge in [0.15, 0.2) is 5.96 Å². The van der Waals surface area contributed by atoms with Crippen LogP contribution in [0.3, 0.4) is 0 Å². The minimum absolute atomic E-state index is 0.271. The Labute approximate surface area is 143 Å². The topological polar surface area (TPSA) is 67.1 Å². The Morgan fingerprint density at radius 1 is 1.39 bits per heavy atom. The van der Waals surface area contributed by atoms with Gasteiger partial charge in [-0.25, -0.2) is 4.39 Å². The molecule has 0 aliphatic rings. The fraction of sp³-hybridized carbons (Fsp3) is 0.400. The van der Waals surface area contributed by atoms with Crippen molar-refractivity contribution in [3.05, 3.63) is 46.2 Å². The van der Waals surface area contributed by atoms with Crippen molar-refractivity contribution in [2.45, 2.75) is 26.4 Å². The predicted molar refractivity (Wildman–Crippen MR) is 91.7 cm³/mol. The number of benzene rings is 1. The fourth-order valence-corrected chi connectivity index (χ4v) is 2.34. The zero-order valence-electron chi connectivity index (χ0n) is 13.2. The van der Waals surface area contributed by atoms with E-state index in [0.717, 1.165) is 24.4 Å². The number of nitrogens with one attached hydrogen (secondary N) is 2. The molecule has 1 heterocycles. The maximum absolute atomic E-state index is 13.5. The minimum atomic E-state index is -0.271. The number of rotatable bonds is 6. The lowest BCUT2D eigenvalue weighted by atomic mass is 10.2. The molecule has 23 heavy (non-hydrogen) atoms. The second-order valence-electron chi connectivity index (χ2n) is 4.90. The summed E-state index contributed by atoms with van der Waals surface area (Å²) >= 11 is 3.14. The van der Waals surface area contributed by atoms with Gasteiger partial charge in [-0.15, -0.1) is 10.2 Å². The molecule has 0 saturated carbocycles. The van der Waals surface area contributed by atoms with Crippen LogP contribution in [0.1, 0.15) is 18.3 Å². The number of halogens is 2. The summed E-state index contributed by atoms with van der Waals surface area (Å²) in [4.78, 5) is 4.16. The van der Waals surface area contributed by atoms with Crippen LogP contribution in [-0.4, -0.2) is 34.3 Å². The molecule has 0 spiro atoms. The van der Waals surface area contributed by atoms with E-state index < -0.39 is 0 Å². The zero-order valence-corrected chi connectivity index (χ0v) is 14.8. The Morgan fingerprint density at radius 3 is 2.91 bits per heavy atom. The SMILES string of the molecule is CCc1nncn1CCNC(=NC)NCc1ccc(Br)c(F)c1. The van der Waals surface area contributed by atoms with Gasteiger partial charge in [0.2, 0.25) is 0 Å². The first-order valence-corrected chi connectivity index (χ1v) is 8.18. The lowest BCUT2D eigenvalue weighted by molar-refractivity contribution is 0.616. The van der Waals surface area contributed by atoms with Gasteiger partial charge in [0.1, 0.15) is 18.0 Å². The highest BCUT2D eigenvalue weighted by molar-refractivity contribution is 9.10. The molecule has 0 amide bonds. The second-order valence-corrected chi connectivity index (χ2v) is 5.75. The normalized spacial score (nSPS) is 11.6. The number of aromatic nitrogens is 3. The molecule has 1 aromatic heterocycles. The van der Waals surface area contributed by atoms with Gasteiger partial charge in [-0.2, -0.15) is 0 Å². The summed E-state index contributed by atoms with van der Waals surface area (Å²) < 4.78 is 15.9. The molecule has 2 aromatic rings. The van der Waals surface area contributed by atoms with Crippen LogP contribution in [0.5, 0.6) is 0 Å². The zero-order chi connectivity index (χ0) is 16.7. The summed E-state index contributed by atoms with van der Waals surface area (Å²) in [5.74, 6) is 1.35. The van der Waals surface area contributed by atoms with Crippen molar-refractivity contribution in [1.82, 2.24) is 25.4 Å². The Bertz CT molecular complexity index is 670. The third-order valence-corrected chi connectivity index (χ3v) is 3.97. The summed E-state index contributed by atoms with van der Waals surface area (Å²) in [5, 5.41) is 14.3. The van der Waals surface area contributed by atoms with E-state index in [0.29, 0.717) is 23.5 Å². The van der Waals surface area contributed by atoms with E-state index in [-0.39, 0.29) is 5.82 Å². The van der Waals surface area contributed by atoms with E-state index in [9.17, 15) is 4.39 Å². The summed E-state index contributed by atoms with van der Waals surface area (Å²) in [7, 11) is 1.70. The molecule has 0 aliphatic heterocycles. The second kappa shape index (κ2) is 8.61. The molecule has 0 unspecified atom stereocenters.